The van der Waals surface area contributed by atoms with Gasteiger partial charge in [0, 0.05) is 24.0 Å². The summed E-state index contributed by atoms with van der Waals surface area (Å²) >= 11 is 0. The van der Waals surface area contributed by atoms with Crippen LogP contribution >= 0.6 is 0 Å². The number of carbonyl (C=O) groups excluding carboxylic acids is 1. The van der Waals surface area contributed by atoms with E-state index in [0.717, 1.165) is 42.5 Å². The highest BCUT2D eigenvalue weighted by atomic mass is 16.2. The Kier molecular flexibility index (Phi) is 4.96. The molecule has 27 heavy (non-hydrogen) atoms. The number of nitrogens with one attached hydrogen (secondary N) is 1. The largest absolute Gasteiger partial charge is 0.348 e. The lowest BCUT2D eigenvalue weighted by Gasteiger charge is -2.22. The lowest BCUT2D eigenvalue weighted by atomic mass is 9.95. The summed E-state index contributed by atoms with van der Waals surface area (Å²) in [6, 6.07) is 12.0. The van der Waals surface area contributed by atoms with Crippen LogP contribution in [0.3, 0.4) is 0 Å². The summed E-state index contributed by atoms with van der Waals surface area (Å²) in [5.74, 6) is -0.167. The molecule has 0 spiro atoms. The molecule has 1 amide bonds. The molecule has 0 bridgehead atoms. The monoisotopic (exact) mass is 361 g/mol. The summed E-state index contributed by atoms with van der Waals surface area (Å²) in [6.45, 7) is 2.04. The van der Waals surface area contributed by atoms with E-state index in [1.165, 1.54) is 6.42 Å². The smallest absolute Gasteiger partial charge is 0.274 e. The zero-order valence-electron chi connectivity index (χ0n) is 15.4. The van der Waals surface area contributed by atoms with E-state index in [-0.39, 0.29) is 11.9 Å². The highest BCUT2D eigenvalue weighted by Gasteiger charge is 2.25. The maximum atomic E-state index is 13.0. The van der Waals surface area contributed by atoms with Crippen molar-refractivity contribution in [1.82, 2.24) is 25.3 Å². The number of amides is 1. The van der Waals surface area contributed by atoms with Gasteiger partial charge in [0.05, 0.1) is 5.69 Å². The molecule has 3 aromatic rings. The Labute approximate surface area is 158 Å². The first-order valence-electron chi connectivity index (χ1n) is 9.46. The summed E-state index contributed by atoms with van der Waals surface area (Å²) in [5.41, 5.74) is 3.85. The van der Waals surface area contributed by atoms with E-state index in [4.69, 9.17) is 0 Å². The van der Waals surface area contributed by atoms with E-state index in [1.807, 2.05) is 43.3 Å². The predicted octanol–water partition coefficient (Wildman–Crippen LogP) is 3.70. The van der Waals surface area contributed by atoms with Crippen LogP contribution in [0.5, 0.6) is 0 Å². The zero-order chi connectivity index (χ0) is 18.6. The van der Waals surface area contributed by atoms with Crippen LogP contribution in [0, 0.1) is 6.92 Å². The van der Waals surface area contributed by atoms with Crippen LogP contribution in [0.2, 0.25) is 0 Å². The predicted molar refractivity (Wildman–Crippen MR) is 104 cm³/mol. The molecule has 0 unspecified atom stereocenters. The van der Waals surface area contributed by atoms with E-state index < -0.39 is 0 Å². The van der Waals surface area contributed by atoms with Gasteiger partial charge in [-0.1, -0.05) is 42.2 Å². The minimum atomic E-state index is -0.167. The van der Waals surface area contributed by atoms with Crippen LogP contribution < -0.4 is 5.32 Å². The first-order chi connectivity index (χ1) is 13.2. The van der Waals surface area contributed by atoms with Gasteiger partial charge in [-0.15, -0.1) is 5.10 Å². The molecular weight excluding hydrogens is 338 g/mol. The maximum absolute atomic E-state index is 13.0. The number of pyridine rings is 1. The third-order valence-electron chi connectivity index (χ3n) is 5.04. The van der Waals surface area contributed by atoms with E-state index in [0.29, 0.717) is 11.4 Å². The molecule has 138 valence electrons. The van der Waals surface area contributed by atoms with Crippen LogP contribution in [-0.4, -0.2) is 31.9 Å². The number of hydrogen-bond acceptors (Lipinski definition) is 4. The van der Waals surface area contributed by atoms with Crippen LogP contribution in [0.25, 0.3) is 16.9 Å². The van der Waals surface area contributed by atoms with Gasteiger partial charge in [-0.3, -0.25) is 9.78 Å². The maximum Gasteiger partial charge on any atom is 0.274 e. The molecule has 0 aliphatic heterocycles. The second-order valence-corrected chi connectivity index (χ2v) is 7.08. The summed E-state index contributed by atoms with van der Waals surface area (Å²) in [4.78, 5) is 17.2. The molecule has 1 aliphatic rings. The van der Waals surface area contributed by atoms with Crippen molar-refractivity contribution < 1.29 is 4.79 Å². The van der Waals surface area contributed by atoms with Crippen molar-refractivity contribution in [2.24, 2.45) is 0 Å². The molecule has 6 heteroatoms. The first-order valence-corrected chi connectivity index (χ1v) is 9.46. The molecular formula is C21H23N5O. The normalized spacial score (nSPS) is 14.9. The Hall–Kier alpha value is -3.02. The van der Waals surface area contributed by atoms with Gasteiger partial charge in [0.1, 0.15) is 5.69 Å². The van der Waals surface area contributed by atoms with Crippen LogP contribution in [0.15, 0.2) is 48.8 Å². The first kappa shape index (κ1) is 17.4. The molecule has 0 saturated heterocycles. The van der Waals surface area contributed by atoms with Crippen molar-refractivity contribution >= 4 is 5.91 Å². The van der Waals surface area contributed by atoms with E-state index in [2.05, 4.69) is 20.6 Å². The second kappa shape index (κ2) is 7.70. The molecule has 1 fully saturated rings. The minimum Gasteiger partial charge on any atom is -0.348 e. The van der Waals surface area contributed by atoms with Crippen molar-refractivity contribution in [1.29, 1.82) is 0 Å². The highest BCUT2D eigenvalue weighted by molar-refractivity contribution is 5.98. The molecule has 0 radical (unpaired) electrons. The third-order valence-corrected chi connectivity index (χ3v) is 5.04. The van der Waals surface area contributed by atoms with Gasteiger partial charge in [0.15, 0.2) is 5.69 Å². The highest BCUT2D eigenvalue weighted by Crippen LogP contribution is 2.25. The number of carbonyl (C=O) groups is 1. The van der Waals surface area contributed by atoms with E-state index >= 15 is 0 Å². The SMILES string of the molecule is Cc1ccc(-n2nnc(C(=O)NC3CCCCC3)c2-c2cccnc2)cc1. The van der Waals surface area contributed by atoms with Gasteiger partial charge in [0.25, 0.3) is 5.91 Å². The fourth-order valence-corrected chi connectivity index (χ4v) is 3.56. The molecule has 2 heterocycles. The lowest BCUT2D eigenvalue weighted by molar-refractivity contribution is 0.0923. The fraction of sp³-hybridized carbons (Fsp3) is 0.333. The van der Waals surface area contributed by atoms with Crippen molar-refractivity contribution in [3.63, 3.8) is 0 Å². The van der Waals surface area contributed by atoms with Crippen molar-refractivity contribution in [2.75, 3.05) is 0 Å². The van der Waals surface area contributed by atoms with Gasteiger partial charge in [-0.2, -0.15) is 0 Å². The Morgan fingerprint density at radius 2 is 1.89 bits per heavy atom. The third kappa shape index (κ3) is 3.74. The van der Waals surface area contributed by atoms with Gasteiger partial charge < -0.3 is 5.32 Å². The number of aromatic nitrogens is 4. The number of nitrogens with zero attached hydrogens (tertiary/aromatic N) is 4. The summed E-state index contributed by atoms with van der Waals surface area (Å²) in [5, 5.41) is 11.7. The molecule has 1 aliphatic carbocycles. The molecule has 1 saturated carbocycles. The molecule has 4 rings (SSSR count). The second-order valence-electron chi connectivity index (χ2n) is 7.08. The number of benzene rings is 1. The topological polar surface area (TPSA) is 72.7 Å². The van der Waals surface area contributed by atoms with E-state index in [9.17, 15) is 4.79 Å². The summed E-state index contributed by atoms with van der Waals surface area (Å²) < 4.78 is 1.71. The van der Waals surface area contributed by atoms with Gasteiger partial charge in [0.2, 0.25) is 0 Å². The Morgan fingerprint density at radius 3 is 2.59 bits per heavy atom. The summed E-state index contributed by atoms with van der Waals surface area (Å²) in [6.07, 6.45) is 9.08. The average Bonchev–Trinajstić information content (AvgIpc) is 3.15. The average molecular weight is 361 g/mol. The van der Waals surface area contributed by atoms with Crippen LogP contribution in [-0.2, 0) is 0 Å². The summed E-state index contributed by atoms with van der Waals surface area (Å²) in [7, 11) is 0. The molecule has 6 nitrogen and oxygen atoms in total. The molecule has 2 aromatic heterocycles. The molecule has 1 aromatic carbocycles. The van der Waals surface area contributed by atoms with Gasteiger partial charge >= 0.3 is 0 Å². The van der Waals surface area contributed by atoms with Crippen molar-refractivity contribution in [3.8, 4) is 16.9 Å². The Morgan fingerprint density at radius 1 is 1.11 bits per heavy atom. The number of hydrogen-bond donors (Lipinski definition) is 1. The van der Waals surface area contributed by atoms with Gasteiger partial charge in [-0.05, 0) is 44.0 Å². The standard InChI is InChI=1S/C21H23N5O/c1-15-9-11-18(12-10-15)26-20(16-6-5-13-22-14-16)19(24-25-26)21(27)23-17-7-3-2-4-8-17/h5-6,9-14,17H,2-4,7-8H2,1H3,(H,23,27). The number of aryl methyl sites for hydroxylation is 1. The van der Waals surface area contributed by atoms with Crippen LogP contribution in [0.1, 0.15) is 48.2 Å². The Balaban J connectivity index is 1.73. The minimum absolute atomic E-state index is 0.167. The van der Waals surface area contributed by atoms with Gasteiger partial charge in [-0.25, -0.2) is 4.68 Å². The zero-order valence-corrected chi connectivity index (χ0v) is 15.4. The lowest BCUT2D eigenvalue weighted by Crippen LogP contribution is -2.36. The van der Waals surface area contributed by atoms with E-state index in [1.54, 1.807) is 17.1 Å². The Bertz CT molecular complexity index is 912. The number of rotatable bonds is 4. The van der Waals surface area contributed by atoms with Crippen LogP contribution in [0.4, 0.5) is 0 Å². The molecule has 0 atom stereocenters. The molecule has 1 N–H and O–H groups in total. The quantitative estimate of drug-likeness (QED) is 0.769. The van der Waals surface area contributed by atoms with Crippen molar-refractivity contribution in [2.45, 2.75) is 45.1 Å². The van der Waals surface area contributed by atoms with Crippen molar-refractivity contribution in [3.05, 3.63) is 60.0 Å². The fourth-order valence-electron chi connectivity index (χ4n) is 3.56.